The van der Waals surface area contributed by atoms with Crippen LogP contribution in [0, 0.1) is 0 Å². The molecular formula is C14H16N2O2S. The number of hydrogen-bond acceptors (Lipinski definition) is 3. The lowest BCUT2D eigenvalue weighted by Crippen LogP contribution is -2.29. The summed E-state index contributed by atoms with van der Waals surface area (Å²) >= 11 is 0. The molecule has 5 heteroatoms. The Bertz CT molecular complexity index is 571. The molecule has 0 radical (unpaired) electrons. The SMILES string of the molecule is CS(=O)(=O)N(Cc1ccccc1)Cc1ccncc1. The van der Waals surface area contributed by atoms with Gasteiger partial charge in [-0.25, -0.2) is 8.42 Å². The first-order chi connectivity index (χ1) is 9.05. The molecule has 100 valence electrons. The smallest absolute Gasteiger partial charge is 0.211 e. The highest BCUT2D eigenvalue weighted by Crippen LogP contribution is 2.12. The Kier molecular flexibility index (Phi) is 4.29. The largest absolute Gasteiger partial charge is 0.265 e. The number of nitrogens with zero attached hydrogens (tertiary/aromatic N) is 2. The third kappa shape index (κ3) is 4.15. The number of pyridine rings is 1. The lowest BCUT2D eigenvalue weighted by molar-refractivity contribution is 0.405. The van der Waals surface area contributed by atoms with E-state index in [1.165, 1.54) is 10.6 Å². The van der Waals surface area contributed by atoms with Gasteiger partial charge in [0.2, 0.25) is 10.0 Å². The van der Waals surface area contributed by atoms with Crippen LogP contribution >= 0.6 is 0 Å². The van der Waals surface area contributed by atoms with E-state index in [1.807, 2.05) is 42.5 Å². The van der Waals surface area contributed by atoms with Crippen LogP contribution in [0.2, 0.25) is 0 Å². The summed E-state index contributed by atoms with van der Waals surface area (Å²) < 4.78 is 25.2. The van der Waals surface area contributed by atoms with Crippen LogP contribution in [-0.2, 0) is 23.1 Å². The zero-order chi connectivity index (χ0) is 13.7. The van der Waals surface area contributed by atoms with Gasteiger partial charge in [-0.2, -0.15) is 4.31 Å². The fourth-order valence-corrected chi connectivity index (χ4v) is 2.54. The fourth-order valence-electron chi connectivity index (χ4n) is 1.77. The van der Waals surface area contributed by atoms with Crippen LogP contribution in [0.25, 0.3) is 0 Å². The zero-order valence-electron chi connectivity index (χ0n) is 10.7. The summed E-state index contributed by atoms with van der Waals surface area (Å²) in [5, 5.41) is 0. The molecule has 0 aliphatic heterocycles. The van der Waals surface area contributed by atoms with Gasteiger partial charge in [-0.05, 0) is 23.3 Å². The van der Waals surface area contributed by atoms with Crippen molar-refractivity contribution in [2.75, 3.05) is 6.26 Å². The van der Waals surface area contributed by atoms with Gasteiger partial charge in [0, 0.05) is 25.5 Å². The number of rotatable bonds is 5. The molecule has 2 aromatic rings. The quantitative estimate of drug-likeness (QED) is 0.839. The van der Waals surface area contributed by atoms with Crippen LogP contribution in [0.15, 0.2) is 54.9 Å². The Hall–Kier alpha value is -1.72. The second kappa shape index (κ2) is 5.95. The van der Waals surface area contributed by atoms with E-state index in [2.05, 4.69) is 4.98 Å². The van der Waals surface area contributed by atoms with Gasteiger partial charge in [-0.15, -0.1) is 0 Å². The predicted molar refractivity (Wildman–Crippen MR) is 74.8 cm³/mol. The molecule has 1 aromatic carbocycles. The lowest BCUT2D eigenvalue weighted by atomic mass is 10.2. The Labute approximate surface area is 113 Å². The van der Waals surface area contributed by atoms with Crippen molar-refractivity contribution in [3.63, 3.8) is 0 Å². The Morgan fingerprint density at radius 1 is 0.947 bits per heavy atom. The molecule has 1 aromatic heterocycles. The van der Waals surface area contributed by atoms with Gasteiger partial charge in [0.05, 0.1) is 6.26 Å². The predicted octanol–water partition coefficient (Wildman–Crippen LogP) is 2.04. The van der Waals surface area contributed by atoms with Gasteiger partial charge in [0.25, 0.3) is 0 Å². The maximum absolute atomic E-state index is 11.9. The molecule has 19 heavy (non-hydrogen) atoms. The third-order valence-corrected chi connectivity index (χ3v) is 3.98. The van der Waals surface area contributed by atoms with Gasteiger partial charge in [-0.3, -0.25) is 4.98 Å². The van der Waals surface area contributed by atoms with Gasteiger partial charge >= 0.3 is 0 Å². The van der Waals surface area contributed by atoms with Crippen molar-refractivity contribution < 1.29 is 8.42 Å². The highest BCUT2D eigenvalue weighted by molar-refractivity contribution is 7.88. The monoisotopic (exact) mass is 276 g/mol. The molecule has 0 saturated carbocycles. The number of sulfonamides is 1. The van der Waals surface area contributed by atoms with E-state index in [0.717, 1.165) is 11.1 Å². The topological polar surface area (TPSA) is 50.3 Å². The lowest BCUT2D eigenvalue weighted by Gasteiger charge is -2.20. The van der Waals surface area contributed by atoms with Gasteiger partial charge in [0.1, 0.15) is 0 Å². The van der Waals surface area contributed by atoms with Crippen LogP contribution in [-0.4, -0.2) is 24.0 Å². The van der Waals surface area contributed by atoms with Crippen LogP contribution < -0.4 is 0 Å². The molecule has 0 fully saturated rings. The number of hydrogen-bond donors (Lipinski definition) is 0. The molecule has 0 amide bonds. The minimum atomic E-state index is -3.25. The average Bonchev–Trinajstić information content (AvgIpc) is 2.39. The van der Waals surface area contributed by atoms with E-state index < -0.39 is 10.0 Å². The summed E-state index contributed by atoms with van der Waals surface area (Å²) in [5.74, 6) is 0. The molecule has 0 spiro atoms. The van der Waals surface area contributed by atoms with Gasteiger partial charge < -0.3 is 0 Å². The molecule has 0 atom stereocenters. The molecule has 1 heterocycles. The van der Waals surface area contributed by atoms with Gasteiger partial charge in [-0.1, -0.05) is 30.3 Å². The Morgan fingerprint density at radius 2 is 1.47 bits per heavy atom. The average molecular weight is 276 g/mol. The maximum Gasteiger partial charge on any atom is 0.211 e. The van der Waals surface area contributed by atoms with Crippen LogP contribution in [0.5, 0.6) is 0 Å². The molecule has 4 nitrogen and oxygen atoms in total. The summed E-state index contributed by atoms with van der Waals surface area (Å²) in [6, 6.07) is 13.2. The van der Waals surface area contributed by atoms with E-state index in [0.29, 0.717) is 13.1 Å². The molecule has 0 bridgehead atoms. The molecular weight excluding hydrogens is 260 g/mol. The molecule has 2 rings (SSSR count). The summed E-state index contributed by atoms with van der Waals surface area (Å²) in [5.41, 5.74) is 1.90. The number of benzene rings is 1. The van der Waals surface area contributed by atoms with Crippen molar-refractivity contribution in [1.29, 1.82) is 0 Å². The highest BCUT2D eigenvalue weighted by atomic mass is 32.2. The Balaban J connectivity index is 2.18. The standard InChI is InChI=1S/C14H16N2O2S/c1-19(17,18)16(11-13-5-3-2-4-6-13)12-14-7-9-15-10-8-14/h2-10H,11-12H2,1H3. The summed E-state index contributed by atoms with van der Waals surface area (Å²) in [6.07, 6.45) is 4.56. The van der Waals surface area contributed by atoms with Crippen molar-refractivity contribution in [3.8, 4) is 0 Å². The summed E-state index contributed by atoms with van der Waals surface area (Å²) in [4.78, 5) is 3.93. The first kappa shape index (κ1) is 13.7. The first-order valence-corrected chi connectivity index (χ1v) is 7.78. The summed E-state index contributed by atoms with van der Waals surface area (Å²) in [6.45, 7) is 0.734. The Morgan fingerprint density at radius 3 is 2.00 bits per heavy atom. The van der Waals surface area contributed by atoms with Crippen LogP contribution in [0.1, 0.15) is 11.1 Å². The molecule has 0 aliphatic carbocycles. The maximum atomic E-state index is 11.9. The van der Waals surface area contributed by atoms with Crippen molar-refractivity contribution in [3.05, 3.63) is 66.0 Å². The second-order valence-corrected chi connectivity index (χ2v) is 6.35. The fraction of sp³-hybridized carbons (Fsp3) is 0.214. The minimum Gasteiger partial charge on any atom is -0.265 e. The van der Waals surface area contributed by atoms with Crippen molar-refractivity contribution in [2.45, 2.75) is 13.1 Å². The second-order valence-electron chi connectivity index (χ2n) is 4.37. The number of aromatic nitrogens is 1. The highest BCUT2D eigenvalue weighted by Gasteiger charge is 2.17. The normalized spacial score (nSPS) is 11.7. The van der Waals surface area contributed by atoms with E-state index >= 15 is 0 Å². The van der Waals surface area contributed by atoms with E-state index in [4.69, 9.17) is 0 Å². The molecule has 0 saturated heterocycles. The molecule has 0 N–H and O–H groups in total. The van der Waals surface area contributed by atoms with E-state index in [1.54, 1.807) is 12.4 Å². The van der Waals surface area contributed by atoms with Crippen molar-refractivity contribution in [1.82, 2.24) is 9.29 Å². The molecule has 0 aliphatic rings. The van der Waals surface area contributed by atoms with Crippen molar-refractivity contribution in [2.24, 2.45) is 0 Å². The van der Waals surface area contributed by atoms with Gasteiger partial charge in [0.15, 0.2) is 0 Å². The zero-order valence-corrected chi connectivity index (χ0v) is 11.5. The third-order valence-electron chi connectivity index (χ3n) is 2.78. The minimum absolute atomic E-state index is 0.357. The summed E-state index contributed by atoms with van der Waals surface area (Å²) in [7, 11) is -3.25. The first-order valence-electron chi connectivity index (χ1n) is 5.93. The van der Waals surface area contributed by atoms with Crippen molar-refractivity contribution >= 4 is 10.0 Å². The van der Waals surface area contributed by atoms with E-state index in [-0.39, 0.29) is 0 Å². The molecule has 0 unspecified atom stereocenters. The van der Waals surface area contributed by atoms with E-state index in [9.17, 15) is 8.42 Å². The van der Waals surface area contributed by atoms with Crippen LogP contribution in [0.3, 0.4) is 0 Å². The van der Waals surface area contributed by atoms with Crippen LogP contribution in [0.4, 0.5) is 0 Å².